The van der Waals surface area contributed by atoms with Gasteiger partial charge in [0.25, 0.3) is 0 Å². The van der Waals surface area contributed by atoms with Crippen molar-refractivity contribution < 1.29 is 0 Å². The van der Waals surface area contributed by atoms with Crippen molar-refractivity contribution in [3.63, 3.8) is 0 Å². The Balaban J connectivity index is 1.84. The molecule has 0 radical (unpaired) electrons. The molecule has 0 fully saturated rings. The lowest BCUT2D eigenvalue weighted by molar-refractivity contribution is 0.684. The van der Waals surface area contributed by atoms with Gasteiger partial charge in [0.05, 0.1) is 12.2 Å². The van der Waals surface area contributed by atoms with Gasteiger partial charge in [-0.2, -0.15) is 0 Å². The highest BCUT2D eigenvalue weighted by Crippen LogP contribution is 2.27. The summed E-state index contributed by atoms with van der Waals surface area (Å²) in [5.41, 5.74) is 3.94. The van der Waals surface area contributed by atoms with Crippen LogP contribution in [0.3, 0.4) is 0 Å². The van der Waals surface area contributed by atoms with E-state index >= 15 is 0 Å². The lowest BCUT2D eigenvalue weighted by atomic mass is 10.0. The third-order valence-electron chi connectivity index (χ3n) is 3.62. The number of aryl methyl sites for hydroxylation is 1. The van der Waals surface area contributed by atoms with Crippen LogP contribution in [0.15, 0.2) is 42.5 Å². The van der Waals surface area contributed by atoms with Gasteiger partial charge in [-0.1, -0.05) is 24.3 Å². The maximum absolute atomic E-state index is 4.61. The summed E-state index contributed by atoms with van der Waals surface area (Å²) in [4.78, 5) is 7.04. The predicted octanol–water partition coefficient (Wildman–Crippen LogP) is 3.08. The highest BCUT2D eigenvalue weighted by Gasteiger charge is 2.16. The maximum atomic E-state index is 4.61. The first kappa shape index (κ1) is 12.0. The number of pyridine rings is 1. The second kappa shape index (κ2) is 5.31. The first-order valence-corrected chi connectivity index (χ1v) is 6.83. The highest BCUT2D eigenvalue weighted by molar-refractivity contribution is 5.55. The molecule has 0 atom stereocenters. The molecular weight excluding hydrogens is 234 g/mol. The number of anilines is 2. The molecular formula is C16H19N3. The molecule has 3 nitrogen and oxygen atoms in total. The third-order valence-corrected chi connectivity index (χ3v) is 3.62. The minimum atomic E-state index is 0.881. The Labute approximate surface area is 114 Å². The van der Waals surface area contributed by atoms with E-state index in [4.69, 9.17) is 0 Å². The Kier molecular flexibility index (Phi) is 3.36. The van der Waals surface area contributed by atoms with E-state index in [2.05, 4.69) is 51.6 Å². The van der Waals surface area contributed by atoms with Crippen molar-refractivity contribution in [3.05, 3.63) is 53.7 Å². The van der Waals surface area contributed by atoms with Crippen LogP contribution in [-0.2, 0) is 13.0 Å². The summed E-state index contributed by atoms with van der Waals surface area (Å²) in [6, 6.07) is 14.8. The van der Waals surface area contributed by atoms with Gasteiger partial charge in [0.2, 0.25) is 0 Å². The van der Waals surface area contributed by atoms with Crippen molar-refractivity contribution in [2.75, 3.05) is 23.8 Å². The minimum absolute atomic E-state index is 0.881. The summed E-state index contributed by atoms with van der Waals surface area (Å²) >= 11 is 0. The van der Waals surface area contributed by atoms with Gasteiger partial charge in [-0.25, -0.2) is 4.98 Å². The molecule has 0 bridgehead atoms. The molecule has 3 rings (SSSR count). The van der Waals surface area contributed by atoms with Crippen LogP contribution >= 0.6 is 0 Å². The molecule has 0 amide bonds. The monoisotopic (exact) mass is 253 g/mol. The largest absolute Gasteiger partial charge is 0.373 e. The average Bonchev–Trinajstić information content (AvgIpc) is 2.48. The normalized spacial score (nSPS) is 14.1. The molecule has 19 heavy (non-hydrogen) atoms. The number of aromatic nitrogens is 1. The predicted molar refractivity (Wildman–Crippen MR) is 79.6 cm³/mol. The van der Waals surface area contributed by atoms with E-state index < -0.39 is 0 Å². The van der Waals surface area contributed by atoms with Crippen molar-refractivity contribution in [1.29, 1.82) is 0 Å². The quantitative estimate of drug-likeness (QED) is 0.911. The van der Waals surface area contributed by atoms with Gasteiger partial charge in [0.1, 0.15) is 5.82 Å². The fraction of sp³-hybridized carbons (Fsp3) is 0.312. The second-order valence-corrected chi connectivity index (χ2v) is 4.92. The number of hydrogen-bond acceptors (Lipinski definition) is 3. The molecule has 0 unspecified atom stereocenters. The van der Waals surface area contributed by atoms with Gasteiger partial charge in [-0.15, -0.1) is 0 Å². The Bertz CT molecular complexity index is 565. The van der Waals surface area contributed by atoms with E-state index in [0.717, 1.165) is 24.6 Å². The second-order valence-electron chi connectivity index (χ2n) is 4.92. The maximum Gasteiger partial charge on any atom is 0.126 e. The molecule has 3 heteroatoms. The van der Waals surface area contributed by atoms with Crippen LogP contribution in [0.5, 0.6) is 0 Å². The summed E-state index contributed by atoms with van der Waals surface area (Å²) in [6.07, 6.45) is 2.42. The van der Waals surface area contributed by atoms with Gasteiger partial charge in [0.15, 0.2) is 0 Å². The zero-order valence-corrected chi connectivity index (χ0v) is 11.3. The van der Waals surface area contributed by atoms with E-state index in [1.165, 1.54) is 24.1 Å². The van der Waals surface area contributed by atoms with Crippen LogP contribution in [0.25, 0.3) is 0 Å². The molecule has 2 aromatic rings. The van der Waals surface area contributed by atoms with Gasteiger partial charge in [-0.3, -0.25) is 0 Å². The zero-order chi connectivity index (χ0) is 13.1. The summed E-state index contributed by atoms with van der Waals surface area (Å²) < 4.78 is 0. The van der Waals surface area contributed by atoms with E-state index in [9.17, 15) is 0 Å². The average molecular weight is 253 g/mol. The van der Waals surface area contributed by atoms with Gasteiger partial charge < -0.3 is 10.2 Å². The molecule has 1 aromatic carbocycles. The molecule has 98 valence electrons. The minimum Gasteiger partial charge on any atom is -0.373 e. The lowest BCUT2D eigenvalue weighted by Crippen LogP contribution is -2.29. The van der Waals surface area contributed by atoms with Crippen LogP contribution in [0.4, 0.5) is 11.5 Å². The fourth-order valence-corrected chi connectivity index (χ4v) is 2.68. The lowest BCUT2D eigenvalue weighted by Gasteiger charge is -2.31. The number of rotatable bonds is 3. The number of para-hydroxylation sites is 1. The van der Waals surface area contributed by atoms with Gasteiger partial charge in [0, 0.05) is 19.3 Å². The summed E-state index contributed by atoms with van der Waals surface area (Å²) in [7, 11) is 1.91. The number of fused-ring (bicyclic) bond motifs is 1. The van der Waals surface area contributed by atoms with Gasteiger partial charge in [-0.05, 0) is 36.6 Å². The van der Waals surface area contributed by atoms with E-state index in [1.807, 2.05) is 13.1 Å². The molecule has 1 N–H and O–H groups in total. The first-order chi connectivity index (χ1) is 9.36. The summed E-state index contributed by atoms with van der Waals surface area (Å²) in [6.45, 7) is 2.00. The van der Waals surface area contributed by atoms with Crippen LogP contribution in [-0.4, -0.2) is 18.6 Å². The molecule has 2 heterocycles. The Hall–Kier alpha value is -2.03. The molecule has 1 aromatic heterocycles. The summed E-state index contributed by atoms with van der Waals surface area (Å²) in [5, 5.41) is 3.09. The standard InChI is InChI=1S/C16H19N3/c1-17-16-10-4-8-14(18-16)12-19-11-5-7-13-6-2-3-9-15(13)19/h2-4,6,8-10H,5,7,11-12H2,1H3,(H,17,18). The van der Waals surface area contributed by atoms with E-state index in [0.29, 0.717) is 0 Å². The zero-order valence-electron chi connectivity index (χ0n) is 11.3. The Morgan fingerprint density at radius 1 is 1.16 bits per heavy atom. The molecule has 0 spiro atoms. The topological polar surface area (TPSA) is 28.2 Å². The molecule has 1 aliphatic rings. The Morgan fingerprint density at radius 3 is 2.95 bits per heavy atom. The number of hydrogen-bond donors (Lipinski definition) is 1. The molecule has 1 aliphatic heterocycles. The van der Waals surface area contributed by atoms with Crippen LogP contribution in [0.1, 0.15) is 17.7 Å². The first-order valence-electron chi connectivity index (χ1n) is 6.83. The van der Waals surface area contributed by atoms with Crippen molar-refractivity contribution in [2.24, 2.45) is 0 Å². The van der Waals surface area contributed by atoms with E-state index in [-0.39, 0.29) is 0 Å². The SMILES string of the molecule is CNc1cccc(CN2CCCc3ccccc32)n1. The Morgan fingerprint density at radius 2 is 2.05 bits per heavy atom. The number of nitrogens with zero attached hydrogens (tertiary/aromatic N) is 2. The van der Waals surface area contributed by atoms with Crippen LogP contribution in [0, 0.1) is 0 Å². The third kappa shape index (κ3) is 2.55. The fourth-order valence-electron chi connectivity index (χ4n) is 2.68. The van der Waals surface area contributed by atoms with Crippen molar-refractivity contribution in [3.8, 4) is 0 Å². The van der Waals surface area contributed by atoms with Crippen molar-refractivity contribution in [2.45, 2.75) is 19.4 Å². The van der Waals surface area contributed by atoms with Crippen molar-refractivity contribution in [1.82, 2.24) is 4.98 Å². The molecule has 0 aliphatic carbocycles. The van der Waals surface area contributed by atoms with Crippen molar-refractivity contribution >= 4 is 11.5 Å². The van der Waals surface area contributed by atoms with Crippen LogP contribution < -0.4 is 10.2 Å². The highest BCUT2D eigenvalue weighted by atomic mass is 15.1. The number of nitrogens with one attached hydrogen (secondary N) is 1. The smallest absolute Gasteiger partial charge is 0.126 e. The summed E-state index contributed by atoms with van der Waals surface area (Å²) in [5.74, 6) is 0.933. The van der Waals surface area contributed by atoms with Crippen LogP contribution in [0.2, 0.25) is 0 Å². The van der Waals surface area contributed by atoms with Gasteiger partial charge >= 0.3 is 0 Å². The molecule has 0 saturated heterocycles. The number of benzene rings is 1. The van der Waals surface area contributed by atoms with E-state index in [1.54, 1.807) is 0 Å². The molecule has 0 saturated carbocycles.